The Morgan fingerprint density at radius 1 is 1.12 bits per heavy atom. The van der Waals surface area contributed by atoms with E-state index in [0.29, 0.717) is 39.3 Å². The number of carbonyl (C=O) groups excluding carboxylic acids is 2. The molecule has 0 saturated carbocycles. The molecule has 1 N–H and O–H groups in total. The number of nitrogens with one attached hydrogen (secondary N) is 1. The fraction of sp³-hybridized carbons (Fsp3) is 0.360. The molecule has 2 aliphatic heterocycles. The maximum absolute atomic E-state index is 12.9. The summed E-state index contributed by atoms with van der Waals surface area (Å²) in [4.78, 5) is 29.5. The molecule has 1 saturated heterocycles. The highest BCUT2D eigenvalue weighted by Crippen LogP contribution is 2.36. The van der Waals surface area contributed by atoms with E-state index in [1.54, 1.807) is 54.3 Å². The Kier molecular flexibility index (Phi) is 7.58. The minimum atomic E-state index is -0.536. The van der Waals surface area contributed by atoms with Crippen LogP contribution in [0, 0.1) is 0 Å². The molecule has 0 bridgehead atoms. The maximum Gasteiger partial charge on any atom is 0.267 e. The zero-order valence-corrected chi connectivity index (χ0v) is 20.0. The summed E-state index contributed by atoms with van der Waals surface area (Å²) in [6, 6.07) is 10.4. The summed E-state index contributed by atoms with van der Waals surface area (Å²) < 4.78 is 5.80. The quantitative estimate of drug-likeness (QED) is 0.565. The second-order valence-electron chi connectivity index (χ2n) is 8.32. The van der Waals surface area contributed by atoms with Gasteiger partial charge in [-0.2, -0.15) is 0 Å². The third-order valence-electron chi connectivity index (χ3n) is 5.90. The molecule has 2 heterocycles. The maximum atomic E-state index is 12.9. The van der Waals surface area contributed by atoms with E-state index in [0.717, 1.165) is 19.6 Å². The molecular formula is C25H27Cl2N3O3. The van der Waals surface area contributed by atoms with E-state index in [4.69, 9.17) is 27.9 Å². The van der Waals surface area contributed by atoms with Crippen molar-refractivity contribution in [3.05, 3.63) is 58.1 Å². The fourth-order valence-electron chi connectivity index (χ4n) is 4.13. The van der Waals surface area contributed by atoms with Gasteiger partial charge in [-0.3, -0.25) is 9.59 Å². The number of likely N-dealkylation sites (tertiary alicyclic amines) is 1. The van der Waals surface area contributed by atoms with Gasteiger partial charge in [0.05, 0.1) is 5.69 Å². The normalized spacial score (nSPS) is 18.8. The first-order valence-corrected chi connectivity index (χ1v) is 11.9. The van der Waals surface area contributed by atoms with Crippen LogP contribution in [0.25, 0.3) is 6.08 Å². The molecule has 174 valence electrons. The monoisotopic (exact) mass is 487 g/mol. The molecule has 8 heteroatoms. The van der Waals surface area contributed by atoms with Gasteiger partial charge in [-0.25, -0.2) is 0 Å². The summed E-state index contributed by atoms with van der Waals surface area (Å²) in [5.41, 5.74) is 1.95. The standard InChI is InChI=1S/C25H27Cl2N3O3/c1-17-25(32)30(14-13-29-11-3-2-4-12-29)22-16-20(8-9-23(22)33-17)28-24(31)10-6-18-5-7-19(26)15-21(18)27/h5-10,15-17H,2-4,11-14H2,1H3,(H,28,31)/b10-6+. The first-order chi connectivity index (χ1) is 15.9. The van der Waals surface area contributed by atoms with Crippen LogP contribution in [0.2, 0.25) is 10.0 Å². The molecular weight excluding hydrogens is 461 g/mol. The van der Waals surface area contributed by atoms with Crippen molar-refractivity contribution in [3.8, 4) is 5.75 Å². The van der Waals surface area contributed by atoms with Crippen LogP contribution in [0.1, 0.15) is 31.7 Å². The predicted octanol–water partition coefficient (Wildman–Crippen LogP) is 5.25. The molecule has 0 radical (unpaired) electrons. The number of hydrogen-bond acceptors (Lipinski definition) is 4. The van der Waals surface area contributed by atoms with Crippen LogP contribution in [-0.4, -0.2) is 49.0 Å². The van der Waals surface area contributed by atoms with E-state index in [9.17, 15) is 9.59 Å². The van der Waals surface area contributed by atoms with Crippen molar-refractivity contribution in [3.63, 3.8) is 0 Å². The lowest BCUT2D eigenvalue weighted by Crippen LogP contribution is -2.48. The molecule has 6 nitrogen and oxygen atoms in total. The van der Waals surface area contributed by atoms with E-state index >= 15 is 0 Å². The van der Waals surface area contributed by atoms with Crippen molar-refractivity contribution < 1.29 is 14.3 Å². The molecule has 0 aromatic heterocycles. The highest BCUT2D eigenvalue weighted by molar-refractivity contribution is 6.35. The SMILES string of the molecule is CC1Oc2ccc(NC(=O)/C=C/c3ccc(Cl)cc3Cl)cc2N(CCN2CCCCC2)C1=O. The van der Waals surface area contributed by atoms with Crippen LogP contribution in [0.3, 0.4) is 0 Å². The highest BCUT2D eigenvalue weighted by Gasteiger charge is 2.32. The first kappa shape index (κ1) is 23.6. The topological polar surface area (TPSA) is 61.9 Å². The average Bonchev–Trinajstić information content (AvgIpc) is 2.80. The molecule has 2 amide bonds. The van der Waals surface area contributed by atoms with Gasteiger partial charge in [-0.05, 0) is 74.8 Å². The molecule has 0 spiro atoms. The first-order valence-electron chi connectivity index (χ1n) is 11.2. The van der Waals surface area contributed by atoms with Crippen LogP contribution in [-0.2, 0) is 9.59 Å². The number of anilines is 2. The van der Waals surface area contributed by atoms with Crippen LogP contribution in [0.15, 0.2) is 42.5 Å². The van der Waals surface area contributed by atoms with Gasteiger partial charge in [-0.15, -0.1) is 0 Å². The fourth-order valence-corrected chi connectivity index (χ4v) is 4.60. The van der Waals surface area contributed by atoms with Crippen molar-refractivity contribution in [1.82, 2.24) is 4.90 Å². The zero-order valence-electron chi connectivity index (χ0n) is 18.5. The number of hydrogen-bond donors (Lipinski definition) is 1. The molecule has 0 aliphatic carbocycles. The van der Waals surface area contributed by atoms with Crippen molar-refractivity contribution in [2.75, 3.05) is 36.4 Å². The lowest BCUT2D eigenvalue weighted by molar-refractivity contribution is -0.125. The summed E-state index contributed by atoms with van der Waals surface area (Å²) in [5.74, 6) is 0.264. The summed E-state index contributed by atoms with van der Waals surface area (Å²) in [6.07, 6.45) is 6.18. The second kappa shape index (κ2) is 10.6. The Balaban J connectivity index is 1.47. The Bertz CT molecular complexity index is 1070. The van der Waals surface area contributed by atoms with Gasteiger partial charge in [0.1, 0.15) is 5.75 Å². The summed E-state index contributed by atoms with van der Waals surface area (Å²) in [5, 5.41) is 3.85. The summed E-state index contributed by atoms with van der Waals surface area (Å²) in [6.45, 7) is 5.31. The largest absolute Gasteiger partial charge is 0.479 e. The van der Waals surface area contributed by atoms with Crippen molar-refractivity contribution >= 4 is 52.5 Å². The third kappa shape index (κ3) is 5.88. The second-order valence-corrected chi connectivity index (χ2v) is 9.17. The van der Waals surface area contributed by atoms with E-state index in [2.05, 4.69) is 10.2 Å². The van der Waals surface area contributed by atoms with Gasteiger partial charge in [0.2, 0.25) is 5.91 Å². The van der Waals surface area contributed by atoms with E-state index in [-0.39, 0.29) is 11.8 Å². The number of piperidine rings is 1. The van der Waals surface area contributed by atoms with Crippen LogP contribution in [0.5, 0.6) is 5.75 Å². The Labute approximate surface area is 204 Å². The van der Waals surface area contributed by atoms with Gasteiger partial charge < -0.3 is 19.9 Å². The lowest BCUT2D eigenvalue weighted by atomic mass is 10.1. The van der Waals surface area contributed by atoms with Crippen molar-refractivity contribution in [2.24, 2.45) is 0 Å². The summed E-state index contributed by atoms with van der Waals surface area (Å²) in [7, 11) is 0. The number of ether oxygens (including phenoxy) is 1. The predicted molar refractivity (Wildman–Crippen MR) is 133 cm³/mol. The lowest BCUT2D eigenvalue weighted by Gasteiger charge is -2.35. The minimum absolute atomic E-state index is 0.0692. The molecule has 1 atom stereocenters. The molecule has 1 fully saturated rings. The molecule has 2 aromatic carbocycles. The summed E-state index contributed by atoms with van der Waals surface area (Å²) >= 11 is 12.1. The van der Waals surface area contributed by atoms with Crippen LogP contribution < -0.4 is 15.0 Å². The van der Waals surface area contributed by atoms with Crippen LogP contribution >= 0.6 is 23.2 Å². The molecule has 1 unspecified atom stereocenters. The Hall–Kier alpha value is -2.54. The number of carbonyl (C=O) groups is 2. The van der Waals surface area contributed by atoms with E-state index in [1.807, 2.05) is 0 Å². The van der Waals surface area contributed by atoms with E-state index < -0.39 is 6.10 Å². The van der Waals surface area contributed by atoms with Gasteiger partial charge >= 0.3 is 0 Å². The molecule has 2 aliphatic rings. The number of fused-ring (bicyclic) bond motifs is 1. The number of halogens is 2. The smallest absolute Gasteiger partial charge is 0.267 e. The molecule has 4 rings (SSSR count). The van der Waals surface area contributed by atoms with Crippen molar-refractivity contribution in [2.45, 2.75) is 32.3 Å². The van der Waals surface area contributed by atoms with Gasteiger partial charge in [0.15, 0.2) is 6.10 Å². The zero-order chi connectivity index (χ0) is 23.4. The van der Waals surface area contributed by atoms with Gasteiger partial charge in [-0.1, -0.05) is 35.7 Å². The Morgan fingerprint density at radius 2 is 1.91 bits per heavy atom. The number of amides is 2. The molecule has 33 heavy (non-hydrogen) atoms. The van der Waals surface area contributed by atoms with Crippen molar-refractivity contribution in [1.29, 1.82) is 0 Å². The van der Waals surface area contributed by atoms with E-state index in [1.165, 1.54) is 25.3 Å². The molecule has 2 aromatic rings. The highest BCUT2D eigenvalue weighted by atomic mass is 35.5. The number of benzene rings is 2. The van der Waals surface area contributed by atoms with Crippen LogP contribution in [0.4, 0.5) is 11.4 Å². The Morgan fingerprint density at radius 3 is 2.67 bits per heavy atom. The third-order valence-corrected chi connectivity index (χ3v) is 6.46. The van der Waals surface area contributed by atoms with Gasteiger partial charge in [0.25, 0.3) is 5.91 Å². The average molecular weight is 488 g/mol. The van der Waals surface area contributed by atoms with Gasteiger partial charge in [0, 0.05) is 34.9 Å². The number of nitrogens with zero attached hydrogens (tertiary/aromatic N) is 2. The number of rotatable bonds is 6. The minimum Gasteiger partial charge on any atom is -0.479 e.